The third-order valence-electron chi connectivity index (χ3n) is 5.57. The summed E-state index contributed by atoms with van der Waals surface area (Å²) in [5.41, 5.74) is 2.30. The smallest absolute Gasteiger partial charge is 0.141 e. The summed E-state index contributed by atoms with van der Waals surface area (Å²) in [6.07, 6.45) is 15.4. The van der Waals surface area contributed by atoms with Crippen LogP contribution in [0.2, 0.25) is 0 Å². The van der Waals surface area contributed by atoms with Gasteiger partial charge in [-0.2, -0.15) is 0 Å². The van der Waals surface area contributed by atoms with Crippen LogP contribution in [-0.2, 0) is 0 Å². The van der Waals surface area contributed by atoms with Crippen molar-refractivity contribution >= 4 is 40.4 Å². The van der Waals surface area contributed by atoms with Crippen LogP contribution in [0.3, 0.4) is 0 Å². The van der Waals surface area contributed by atoms with E-state index in [4.69, 9.17) is 4.74 Å². The molecular formula is C24H31Br2OP. The Balaban J connectivity index is 0.000000162. The number of hydrogen-bond acceptors (Lipinski definition) is 1. The zero-order valence-corrected chi connectivity index (χ0v) is 20.7. The quantitative estimate of drug-likeness (QED) is 0.361. The Morgan fingerprint density at radius 3 is 1.39 bits per heavy atom. The molecule has 1 nitrogen and oxygen atoms in total. The largest absolute Gasteiger partial charge is 0.455 e. The van der Waals surface area contributed by atoms with Crippen LogP contribution in [0.15, 0.2) is 57.5 Å². The lowest BCUT2D eigenvalue weighted by Gasteiger charge is -2.28. The van der Waals surface area contributed by atoms with Gasteiger partial charge in [0.15, 0.2) is 0 Å². The Hall–Kier alpha value is -0.370. The predicted molar refractivity (Wildman–Crippen MR) is 130 cm³/mol. The van der Waals surface area contributed by atoms with Crippen LogP contribution in [0.1, 0.15) is 64.2 Å². The van der Waals surface area contributed by atoms with Gasteiger partial charge in [0.1, 0.15) is 11.5 Å². The van der Waals surface area contributed by atoms with Gasteiger partial charge in [0.25, 0.3) is 0 Å². The van der Waals surface area contributed by atoms with E-state index in [-0.39, 0.29) is 0 Å². The summed E-state index contributed by atoms with van der Waals surface area (Å²) in [5, 5.41) is 0. The van der Waals surface area contributed by atoms with Gasteiger partial charge in [0.2, 0.25) is 0 Å². The summed E-state index contributed by atoms with van der Waals surface area (Å²) in [7, 11) is 1.33. The van der Waals surface area contributed by atoms with Gasteiger partial charge in [-0.1, -0.05) is 62.8 Å². The zero-order valence-electron chi connectivity index (χ0n) is 16.5. The van der Waals surface area contributed by atoms with Gasteiger partial charge < -0.3 is 4.74 Å². The Labute approximate surface area is 189 Å². The first-order valence-corrected chi connectivity index (χ1v) is 13.4. The lowest BCUT2D eigenvalue weighted by molar-refractivity contribution is 0.476. The van der Waals surface area contributed by atoms with Crippen LogP contribution in [0.4, 0.5) is 0 Å². The summed E-state index contributed by atoms with van der Waals surface area (Å²) in [4.78, 5) is 0. The maximum absolute atomic E-state index is 5.75. The molecule has 0 aliphatic heterocycles. The van der Waals surface area contributed by atoms with Gasteiger partial charge in [-0.05, 0) is 93.1 Å². The average Bonchev–Trinajstić information content (AvgIpc) is 2.73. The van der Waals surface area contributed by atoms with E-state index in [0.717, 1.165) is 31.8 Å². The molecule has 2 aromatic rings. The molecule has 0 aromatic heterocycles. The van der Waals surface area contributed by atoms with Crippen LogP contribution < -0.4 is 4.74 Å². The molecule has 2 aromatic carbocycles. The third kappa shape index (κ3) is 7.47. The topological polar surface area (TPSA) is 9.23 Å². The monoisotopic (exact) mass is 524 g/mol. The van der Waals surface area contributed by atoms with Crippen molar-refractivity contribution < 1.29 is 4.74 Å². The number of hydrogen-bond donors (Lipinski definition) is 0. The molecule has 0 spiro atoms. The minimum Gasteiger partial charge on any atom is -0.455 e. The molecule has 4 heteroatoms. The molecular weight excluding hydrogens is 495 g/mol. The van der Waals surface area contributed by atoms with Crippen molar-refractivity contribution in [3.8, 4) is 11.5 Å². The Morgan fingerprint density at radius 2 is 1.00 bits per heavy atom. The molecule has 0 bridgehead atoms. The molecule has 152 valence electrons. The van der Waals surface area contributed by atoms with Crippen LogP contribution in [-0.4, -0.2) is 11.3 Å². The van der Waals surface area contributed by atoms with Crippen LogP contribution in [0, 0.1) is 0 Å². The first-order chi connectivity index (χ1) is 13.7. The lowest BCUT2D eigenvalue weighted by atomic mass is 10.00. The molecule has 0 atom stereocenters. The van der Waals surface area contributed by atoms with Crippen LogP contribution >= 0.6 is 40.4 Å². The standard InChI is InChI=1S/C12H8Br2O.C12H23P/c13-9-5-1-3-7-11(9)15-12-8-4-2-6-10(12)14;1-3-7-11(8-4-1)13-12-9-5-2-6-10-12/h1-8H;11-13H,1-10H2. The van der Waals surface area contributed by atoms with Gasteiger partial charge in [0.05, 0.1) is 8.95 Å². The molecule has 2 aliphatic rings. The number of benzene rings is 2. The molecule has 2 saturated carbocycles. The van der Waals surface area contributed by atoms with E-state index in [1.165, 1.54) is 47.1 Å². The van der Waals surface area contributed by atoms with Gasteiger partial charge in [-0.25, -0.2) is 0 Å². The normalized spacial score (nSPS) is 18.2. The van der Waals surface area contributed by atoms with Crippen molar-refractivity contribution in [2.75, 3.05) is 0 Å². The predicted octanol–water partition coefficient (Wildman–Crippen LogP) is 9.33. The van der Waals surface area contributed by atoms with E-state index >= 15 is 0 Å². The third-order valence-corrected chi connectivity index (χ3v) is 8.98. The maximum Gasteiger partial charge on any atom is 0.141 e. The molecule has 0 unspecified atom stereocenters. The van der Waals surface area contributed by atoms with Crippen LogP contribution in [0.5, 0.6) is 11.5 Å². The molecule has 0 radical (unpaired) electrons. The maximum atomic E-state index is 5.75. The fourth-order valence-corrected chi connectivity index (χ4v) is 6.93. The molecule has 0 amide bonds. The summed E-state index contributed by atoms with van der Waals surface area (Å²) in [5.74, 6) is 1.62. The number of halogens is 2. The summed E-state index contributed by atoms with van der Waals surface area (Å²) < 4.78 is 7.64. The van der Waals surface area contributed by atoms with Crippen molar-refractivity contribution in [1.82, 2.24) is 0 Å². The van der Waals surface area contributed by atoms with E-state index in [0.29, 0.717) is 0 Å². The Bertz CT molecular complexity index is 650. The minimum atomic E-state index is 0.810. The average molecular weight is 526 g/mol. The fourth-order valence-electron chi connectivity index (χ4n) is 4.05. The highest BCUT2D eigenvalue weighted by molar-refractivity contribution is 9.11. The zero-order chi connectivity index (χ0) is 19.6. The number of rotatable bonds is 4. The van der Waals surface area contributed by atoms with Crippen molar-refractivity contribution in [3.63, 3.8) is 0 Å². The van der Waals surface area contributed by atoms with E-state index in [2.05, 4.69) is 31.9 Å². The highest BCUT2D eigenvalue weighted by Gasteiger charge is 2.20. The number of para-hydroxylation sites is 2. The second kappa shape index (κ2) is 12.4. The van der Waals surface area contributed by atoms with Crippen molar-refractivity contribution in [3.05, 3.63) is 57.5 Å². The highest BCUT2D eigenvalue weighted by Crippen LogP contribution is 2.41. The Morgan fingerprint density at radius 1 is 0.607 bits per heavy atom. The summed E-state index contributed by atoms with van der Waals surface area (Å²) >= 11 is 6.88. The SMILES string of the molecule is Brc1ccccc1Oc1ccccc1Br.C1CCC(PC2CCCCC2)CC1. The van der Waals surface area contributed by atoms with Crippen molar-refractivity contribution in [2.45, 2.75) is 75.5 Å². The van der Waals surface area contributed by atoms with E-state index in [9.17, 15) is 0 Å². The number of ether oxygens (including phenoxy) is 1. The Kier molecular flexibility index (Phi) is 9.85. The fraction of sp³-hybridized carbons (Fsp3) is 0.500. The molecule has 0 heterocycles. The van der Waals surface area contributed by atoms with E-state index in [1.807, 2.05) is 48.5 Å². The van der Waals surface area contributed by atoms with Crippen molar-refractivity contribution in [2.24, 2.45) is 0 Å². The molecule has 0 N–H and O–H groups in total. The van der Waals surface area contributed by atoms with Gasteiger partial charge in [-0.15, -0.1) is 8.58 Å². The summed E-state index contributed by atoms with van der Waals surface area (Å²) in [6.45, 7) is 0. The highest BCUT2D eigenvalue weighted by atomic mass is 79.9. The molecule has 2 fully saturated rings. The molecule has 2 aliphatic carbocycles. The van der Waals surface area contributed by atoms with Gasteiger partial charge in [0, 0.05) is 0 Å². The summed E-state index contributed by atoms with van der Waals surface area (Å²) in [6, 6.07) is 15.5. The van der Waals surface area contributed by atoms with Crippen molar-refractivity contribution in [1.29, 1.82) is 0 Å². The first kappa shape index (κ1) is 22.3. The van der Waals surface area contributed by atoms with Crippen LogP contribution in [0.25, 0.3) is 0 Å². The van der Waals surface area contributed by atoms with Gasteiger partial charge >= 0.3 is 0 Å². The van der Waals surface area contributed by atoms with E-state index < -0.39 is 0 Å². The second-order valence-corrected chi connectivity index (χ2v) is 11.5. The first-order valence-electron chi connectivity index (χ1n) is 10.7. The van der Waals surface area contributed by atoms with E-state index in [1.54, 1.807) is 25.7 Å². The molecule has 0 saturated heterocycles. The molecule has 4 rings (SSSR count). The second-order valence-electron chi connectivity index (χ2n) is 7.80. The van der Waals surface area contributed by atoms with Gasteiger partial charge in [-0.3, -0.25) is 0 Å². The lowest BCUT2D eigenvalue weighted by Crippen LogP contribution is -2.14. The minimum absolute atomic E-state index is 0.810. The molecule has 28 heavy (non-hydrogen) atoms.